The molecule has 1 aromatic carbocycles. The third kappa shape index (κ3) is 4.05. The number of nitrogens with one attached hydrogen (secondary N) is 1. The van der Waals surface area contributed by atoms with Gasteiger partial charge in [-0.15, -0.1) is 11.3 Å². The van der Waals surface area contributed by atoms with Crippen molar-refractivity contribution >= 4 is 54.9 Å². The highest BCUT2D eigenvalue weighted by Crippen LogP contribution is 2.31. The van der Waals surface area contributed by atoms with Crippen molar-refractivity contribution in [3.8, 4) is 0 Å². The monoisotopic (exact) mass is 431 g/mol. The smallest absolute Gasteiger partial charge is 0.253 e. The van der Waals surface area contributed by atoms with Gasteiger partial charge in [0.05, 0.1) is 13.1 Å². The zero-order valence-electron chi connectivity index (χ0n) is 10.6. The summed E-state index contributed by atoms with van der Waals surface area (Å²) in [6, 6.07) is 8.89. The van der Waals surface area contributed by atoms with Crippen molar-refractivity contribution in [2.45, 2.75) is 6.54 Å². The summed E-state index contributed by atoms with van der Waals surface area (Å²) in [4.78, 5) is 12.1. The lowest BCUT2D eigenvalue weighted by Gasteiger charge is -2.06. The molecule has 2 rings (SSSR count). The largest absolute Gasteiger partial charge is 0.409 e. The Labute approximate surface area is 142 Å². The molecule has 1 heterocycles. The molecule has 0 bridgehead atoms. The van der Waals surface area contributed by atoms with E-state index < -0.39 is 0 Å². The quantitative estimate of drug-likeness (QED) is 0.299. The van der Waals surface area contributed by atoms with Crippen LogP contribution in [0.3, 0.4) is 0 Å². The van der Waals surface area contributed by atoms with Gasteiger partial charge >= 0.3 is 0 Å². The fourth-order valence-electron chi connectivity index (χ4n) is 1.67. The minimum absolute atomic E-state index is 0.0349. The molecule has 110 valence electrons. The molecule has 0 spiro atoms. The van der Waals surface area contributed by atoms with Gasteiger partial charge in [-0.2, -0.15) is 0 Å². The van der Waals surface area contributed by atoms with E-state index in [0.29, 0.717) is 17.7 Å². The summed E-state index contributed by atoms with van der Waals surface area (Å²) in [5.74, 6) is -0.134. The Balaban J connectivity index is 2.06. The maximum atomic E-state index is 12.1. The maximum absolute atomic E-state index is 12.1. The SMILES string of the molecule is N/C(=N/O)c1cccc(CNC(=O)c2cc(Br)sc2Br)c1. The number of amides is 1. The summed E-state index contributed by atoms with van der Waals surface area (Å²) in [7, 11) is 0. The van der Waals surface area contributed by atoms with Gasteiger partial charge in [0.15, 0.2) is 5.84 Å². The van der Waals surface area contributed by atoms with Crippen molar-refractivity contribution in [3.05, 3.63) is 54.6 Å². The van der Waals surface area contributed by atoms with E-state index in [-0.39, 0.29) is 11.7 Å². The van der Waals surface area contributed by atoms with Crippen LogP contribution in [0, 0.1) is 0 Å². The molecule has 0 radical (unpaired) electrons. The lowest BCUT2D eigenvalue weighted by molar-refractivity contribution is 0.0950. The molecule has 2 aromatic rings. The van der Waals surface area contributed by atoms with Crippen molar-refractivity contribution in [1.82, 2.24) is 5.32 Å². The number of nitrogens with two attached hydrogens (primary N) is 1. The molecule has 0 unspecified atom stereocenters. The Morgan fingerprint density at radius 2 is 2.14 bits per heavy atom. The van der Waals surface area contributed by atoms with Crippen molar-refractivity contribution < 1.29 is 10.0 Å². The van der Waals surface area contributed by atoms with Crippen LogP contribution in [0.25, 0.3) is 0 Å². The normalized spacial score (nSPS) is 11.4. The number of hydrogen-bond donors (Lipinski definition) is 3. The van der Waals surface area contributed by atoms with Crippen LogP contribution < -0.4 is 11.1 Å². The van der Waals surface area contributed by atoms with Gasteiger partial charge < -0.3 is 16.3 Å². The van der Waals surface area contributed by atoms with Gasteiger partial charge in [0.1, 0.15) is 0 Å². The first-order chi connectivity index (χ1) is 10.0. The van der Waals surface area contributed by atoms with Gasteiger partial charge in [-0.1, -0.05) is 23.4 Å². The lowest BCUT2D eigenvalue weighted by atomic mass is 10.1. The molecule has 0 saturated carbocycles. The zero-order chi connectivity index (χ0) is 15.4. The molecule has 0 aliphatic carbocycles. The number of amidine groups is 1. The van der Waals surface area contributed by atoms with Gasteiger partial charge in [0.25, 0.3) is 5.91 Å². The number of benzene rings is 1. The second kappa shape index (κ2) is 7.06. The third-order valence-electron chi connectivity index (χ3n) is 2.68. The number of carbonyl (C=O) groups excluding carboxylic acids is 1. The standard InChI is InChI=1S/C13H11Br2N3O2S/c14-10-5-9(11(15)21-10)13(19)17-6-7-2-1-3-8(4-7)12(16)18-20/h1-5,20H,6H2,(H2,16,18)(H,17,19). The Kier molecular flexibility index (Phi) is 5.38. The number of halogens is 2. The average molecular weight is 433 g/mol. The topological polar surface area (TPSA) is 87.7 Å². The minimum atomic E-state index is -0.168. The van der Waals surface area contributed by atoms with Gasteiger partial charge in [0, 0.05) is 12.1 Å². The van der Waals surface area contributed by atoms with Crippen LogP contribution in [-0.4, -0.2) is 17.0 Å². The molecule has 0 saturated heterocycles. The van der Waals surface area contributed by atoms with Crippen LogP contribution in [0.4, 0.5) is 0 Å². The first-order valence-electron chi connectivity index (χ1n) is 5.81. The van der Waals surface area contributed by atoms with E-state index in [1.807, 2.05) is 6.07 Å². The Bertz CT molecular complexity index is 700. The van der Waals surface area contributed by atoms with Crippen molar-refractivity contribution in [1.29, 1.82) is 0 Å². The second-order valence-corrected chi connectivity index (χ2v) is 7.86. The van der Waals surface area contributed by atoms with Crippen molar-refractivity contribution in [3.63, 3.8) is 0 Å². The van der Waals surface area contributed by atoms with E-state index in [0.717, 1.165) is 13.1 Å². The van der Waals surface area contributed by atoms with Gasteiger partial charge in [-0.05, 0) is 49.6 Å². The van der Waals surface area contributed by atoms with E-state index in [2.05, 4.69) is 42.3 Å². The highest BCUT2D eigenvalue weighted by atomic mass is 79.9. The third-order valence-corrected chi connectivity index (χ3v) is 5.02. The predicted molar refractivity (Wildman–Crippen MR) is 89.8 cm³/mol. The molecular weight excluding hydrogens is 422 g/mol. The number of oxime groups is 1. The van der Waals surface area contributed by atoms with Crippen LogP contribution in [0.2, 0.25) is 0 Å². The zero-order valence-corrected chi connectivity index (χ0v) is 14.6. The van der Waals surface area contributed by atoms with Crippen LogP contribution in [0.1, 0.15) is 21.5 Å². The first kappa shape index (κ1) is 16.0. The summed E-state index contributed by atoms with van der Waals surface area (Å²) in [5, 5.41) is 14.4. The molecule has 21 heavy (non-hydrogen) atoms. The second-order valence-electron chi connectivity index (χ2n) is 4.11. The molecule has 0 fully saturated rings. The molecule has 4 N–H and O–H groups in total. The van der Waals surface area contributed by atoms with E-state index in [1.54, 1.807) is 24.3 Å². The van der Waals surface area contributed by atoms with E-state index in [1.165, 1.54) is 11.3 Å². The van der Waals surface area contributed by atoms with Crippen LogP contribution >= 0.6 is 43.2 Å². The number of thiophene rings is 1. The van der Waals surface area contributed by atoms with E-state index in [9.17, 15) is 4.79 Å². The number of rotatable bonds is 4. The van der Waals surface area contributed by atoms with Crippen LogP contribution in [0.5, 0.6) is 0 Å². The molecule has 1 aromatic heterocycles. The van der Waals surface area contributed by atoms with Crippen molar-refractivity contribution in [2.24, 2.45) is 10.9 Å². The number of hydrogen-bond acceptors (Lipinski definition) is 4. The van der Waals surface area contributed by atoms with Gasteiger partial charge in [0.2, 0.25) is 0 Å². The van der Waals surface area contributed by atoms with E-state index >= 15 is 0 Å². The average Bonchev–Trinajstić information content (AvgIpc) is 2.83. The summed E-state index contributed by atoms with van der Waals surface area (Å²) in [6.45, 7) is 0.352. The Hall–Kier alpha value is -1.38. The van der Waals surface area contributed by atoms with Crippen LogP contribution in [0.15, 0.2) is 43.1 Å². The van der Waals surface area contributed by atoms with Crippen molar-refractivity contribution in [2.75, 3.05) is 0 Å². The molecule has 0 aliphatic rings. The lowest BCUT2D eigenvalue weighted by Crippen LogP contribution is -2.23. The molecule has 8 heteroatoms. The summed E-state index contributed by atoms with van der Waals surface area (Å²) in [6.07, 6.45) is 0. The fraction of sp³-hybridized carbons (Fsp3) is 0.0769. The summed E-state index contributed by atoms with van der Waals surface area (Å²) < 4.78 is 1.66. The highest BCUT2D eigenvalue weighted by Gasteiger charge is 2.13. The van der Waals surface area contributed by atoms with Crippen LogP contribution in [-0.2, 0) is 6.54 Å². The van der Waals surface area contributed by atoms with Gasteiger partial charge in [-0.3, -0.25) is 4.79 Å². The molecule has 0 aliphatic heterocycles. The maximum Gasteiger partial charge on any atom is 0.253 e. The number of carbonyl (C=O) groups is 1. The fourth-order valence-corrected chi connectivity index (χ4v) is 4.46. The Morgan fingerprint density at radius 3 is 2.76 bits per heavy atom. The van der Waals surface area contributed by atoms with E-state index in [4.69, 9.17) is 10.9 Å². The summed E-state index contributed by atoms with van der Waals surface area (Å²) in [5.41, 5.74) is 7.58. The van der Waals surface area contributed by atoms with Gasteiger partial charge in [-0.25, -0.2) is 0 Å². The first-order valence-corrected chi connectivity index (χ1v) is 8.21. The molecule has 1 amide bonds. The Morgan fingerprint density at radius 1 is 1.38 bits per heavy atom. The molecular formula is C13H11Br2N3O2S. The summed E-state index contributed by atoms with van der Waals surface area (Å²) >= 11 is 8.13. The highest BCUT2D eigenvalue weighted by molar-refractivity contribution is 9.12. The minimum Gasteiger partial charge on any atom is -0.409 e. The molecule has 5 nitrogen and oxygen atoms in total. The predicted octanol–water partition coefficient (Wildman–Crippen LogP) is 3.30. The number of nitrogens with zero attached hydrogens (tertiary/aromatic N) is 1. The molecule has 0 atom stereocenters.